The molecule has 0 saturated heterocycles. The summed E-state index contributed by atoms with van der Waals surface area (Å²) in [4.78, 5) is 16.2. The monoisotopic (exact) mass is 291 g/mol. The Morgan fingerprint density at radius 1 is 1.32 bits per heavy atom. The van der Waals surface area contributed by atoms with Crippen LogP contribution in [0.1, 0.15) is 0 Å². The number of fused-ring (bicyclic) bond motifs is 1. The molecule has 1 aromatic carbocycles. The number of carboxylic acids is 1. The molecule has 0 radical (unpaired) electrons. The highest BCUT2D eigenvalue weighted by Gasteiger charge is 2.11. The van der Waals surface area contributed by atoms with Crippen LogP contribution >= 0.6 is 22.7 Å². The summed E-state index contributed by atoms with van der Waals surface area (Å²) in [5, 5.41) is 11.6. The molecule has 0 amide bonds. The van der Waals surface area contributed by atoms with Gasteiger partial charge in [0.15, 0.2) is 6.61 Å². The fraction of sp³-hybridized carbons (Fsp3) is 0.0769. The summed E-state index contributed by atoms with van der Waals surface area (Å²) in [5.74, 6) is -0.482. The second-order valence-electron chi connectivity index (χ2n) is 3.78. The molecule has 0 fully saturated rings. The first kappa shape index (κ1) is 12.1. The SMILES string of the molecule is O=C(O)COc1cccc2sc(-c3cccs3)nc12. The van der Waals surface area contributed by atoms with E-state index in [2.05, 4.69) is 4.98 Å². The van der Waals surface area contributed by atoms with Crippen molar-refractivity contribution >= 4 is 38.9 Å². The molecule has 4 nitrogen and oxygen atoms in total. The molecule has 0 unspecified atom stereocenters. The maximum Gasteiger partial charge on any atom is 0.341 e. The number of hydrogen-bond acceptors (Lipinski definition) is 5. The maximum atomic E-state index is 10.6. The minimum absolute atomic E-state index is 0.356. The Balaban J connectivity index is 2.02. The number of hydrogen-bond donors (Lipinski definition) is 1. The van der Waals surface area contributed by atoms with Crippen LogP contribution in [0.3, 0.4) is 0 Å². The first-order valence-corrected chi connectivity index (χ1v) is 7.21. The standard InChI is InChI=1S/C13H9NO3S2/c15-11(16)7-17-8-3-1-4-9-12(8)14-13(19-9)10-5-2-6-18-10/h1-6H,7H2,(H,15,16). The van der Waals surface area contributed by atoms with Gasteiger partial charge in [-0.2, -0.15) is 0 Å². The van der Waals surface area contributed by atoms with Crippen LogP contribution in [0.4, 0.5) is 0 Å². The van der Waals surface area contributed by atoms with Crippen molar-refractivity contribution in [1.29, 1.82) is 0 Å². The summed E-state index contributed by atoms with van der Waals surface area (Å²) in [7, 11) is 0. The number of benzene rings is 1. The van der Waals surface area contributed by atoms with Crippen LogP contribution in [0.5, 0.6) is 5.75 Å². The lowest BCUT2D eigenvalue weighted by Gasteiger charge is -2.02. The van der Waals surface area contributed by atoms with Crippen LogP contribution in [0.2, 0.25) is 0 Å². The first-order chi connectivity index (χ1) is 9.24. The van der Waals surface area contributed by atoms with Crippen molar-refractivity contribution < 1.29 is 14.6 Å². The third-order valence-corrected chi connectivity index (χ3v) is 4.52. The Kier molecular flexibility index (Phi) is 3.18. The van der Waals surface area contributed by atoms with Crippen LogP contribution in [-0.4, -0.2) is 22.7 Å². The first-order valence-electron chi connectivity index (χ1n) is 5.52. The van der Waals surface area contributed by atoms with E-state index in [0.29, 0.717) is 5.75 Å². The third kappa shape index (κ3) is 2.45. The number of aromatic nitrogens is 1. The van der Waals surface area contributed by atoms with Crippen molar-refractivity contribution in [3.63, 3.8) is 0 Å². The van der Waals surface area contributed by atoms with E-state index in [-0.39, 0.29) is 6.61 Å². The normalized spacial score (nSPS) is 10.7. The van der Waals surface area contributed by atoms with Crippen molar-refractivity contribution in [3.8, 4) is 15.6 Å². The van der Waals surface area contributed by atoms with Gasteiger partial charge >= 0.3 is 5.97 Å². The van der Waals surface area contributed by atoms with Gasteiger partial charge in [0.2, 0.25) is 0 Å². The van der Waals surface area contributed by atoms with E-state index in [1.807, 2.05) is 29.6 Å². The molecule has 96 valence electrons. The Labute approximate surface area is 116 Å². The molecule has 19 heavy (non-hydrogen) atoms. The molecule has 0 saturated carbocycles. The summed E-state index contributed by atoms with van der Waals surface area (Å²) in [5.41, 5.74) is 0.720. The van der Waals surface area contributed by atoms with E-state index in [9.17, 15) is 4.79 Å². The minimum atomic E-state index is -0.995. The maximum absolute atomic E-state index is 10.6. The number of rotatable bonds is 4. The average Bonchev–Trinajstić information content (AvgIpc) is 3.04. The van der Waals surface area contributed by atoms with Gasteiger partial charge in [0, 0.05) is 0 Å². The second kappa shape index (κ2) is 4.99. The van der Waals surface area contributed by atoms with E-state index < -0.39 is 5.97 Å². The molecule has 0 bridgehead atoms. The average molecular weight is 291 g/mol. The predicted octanol–water partition coefficient (Wildman–Crippen LogP) is 3.49. The van der Waals surface area contributed by atoms with E-state index in [0.717, 1.165) is 20.1 Å². The van der Waals surface area contributed by atoms with Gasteiger partial charge in [-0.25, -0.2) is 9.78 Å². The quantitative estimate of drug-likeness (QED) is 0.799. The number of thiophene rings is 1. The molecule has 1 N–H and O–H groups in total. The number of carbonyl (C=O) groups is 1. The second-order valence-corrected chi connectivity index (χ2v) is 5.76. The molecule has 2 aromatic heterocycles. The Bertz CT molecular complexity index is 719. The highest BCUT2D eigenvalue weighted by atomic mass is 32.1. The number of ether oxygens (including phenoxy) is 1. The fourth-order valence-electron chi connectivity index (χ4n) is 1.68. The highest BCUT2D eigenvalue weighted by Crippen LogP contribution is 2.36. The summed E-state index contributed by atoms with van der Waals surface area (Å²) < 4.78 is 6.25. The summed E-state index contributed by atoms with van der Waals surface area (Å²) >= 11 is 3.20. The molecular formula is C13H9NO3S2. The van der Waals surface area contributed by atoms with Crippen molar-refractivity contribution in [2.45, 2.75) is 0 Å². The largest absolute Gasteiger partial charge is 0.480 e. The smallest absolute Gasteiger partial charge is 0.341 e. The molecule has 0 aliphatic rings. The number of nitrogens with zero attached hydrogens (tertiary/aromatic N) is 1. The van der Waals surface area contributed by atoms with E-state index in [1.54, 1.807) is 28.7 Å². The Hall–Kier alpha value is -1.92. The van der Waals surface area contributed by atoms with Crippen LogP contribution in [-0.2, 0) is 4.79 Å². The van der Waals surface area contributed by atoms with Crippen LogP contribution in [0.15, 0.2) is 35.7 Å². The predicted molar refractivity (Wildman–Crippen MR) is 76.1 cm³/mol. The molecule has 0 aliphatic heterocycles. The number of carboxylic acid groups (broad SMARTS) is 1. The molecule has 0 aliphatic carbocycles. The lowest BCUT2D eigenvalue weighted by molar-refractivity contribution is -0.139. The van der Waals surface area contributed by atoms with Gasteiger partial charge in [-0.05, 0) is 23.6 Å². The zero-order valence-corrected chi connectivity index (χ0v) is 11.3. The lowest BCUT2D eigenvalue weighted by Crippen LogP contribution is -2.09. The topological polar surface area (TPSA) is 59.4 Å². The molecule has 0 spiro atoms. The zero-order valence-electron chi connectivity index (χ0n) is 9.70. The van der Waals surface area contributed by atoms with Gasteiger partial charge in [0.25, 0.3) is 0 Å². The van der Waals surface area contributed by atoms with Gasteiger partial charge in [0.1, 0.15) is 16.3 Å². The molecule has 0 atom stereocenters. The molecular weight excluding hydrogens is 282 g/mol. The van der Waals surface area contributed by atoms with Crippen LogP contribution in [0, 0.1) is 0 Å². The van der Waals surface area contributed by atoms with Gasteiger partial charge in [-0.1, -0.05) is 12.1 Å². The van der Waals surface area contributed by atoms with Gasteiger partial charge in [-0.15, -0.1) is 22.7 Å². The fourth-order valence-corrected chi connectivity index (χ4v) is 3.46. The molecule has 6 heteroatoms. The number of aliphatic carboxylic acids is 1. The van der Waals surface area contributed by atoms with Crippen molar-refractivity contribution in [1.82, 2.24) is 4.98 Å². The van der Waals surface area contributed by atoms with Crippen LogP contribution in [0.25, 0.3) is 20.1 Å². The van der Waals surface area contributed by atoms with Gasteiger partial charge in [-0.3, -0.25) is 0 Å². The van der Waals surface area contributed by atoms with E-state index >= 15 is 0 Å². The summed E-state index contributed by atoms with van der Waals surface area (Å²) in [6.45, 7) is -0.356. The lowest BCUT2D eigenvalue weighted by atomic mass is 10.3. The number of thiazole rings is 1. The zero-order chi connectivity index (χ0) is 13.2. The Morgan fingerprint density at radius 3 is 2.95 bits per heavy atom. The molecule has 2 heterocycles. The van der Waals surface area contributed by atoms with Gasteiger partial charge in [0.05, 0.1) is 9.58 Å². The van der Waals surface area contributed by atoms with Gasteiger partial charge < -0.3 is 9.84 Å². The van der Waals surface area contributed by atoms with Crippen molar-refractivity contribution in [2.75, 3.05) is 6.61 Å². The van der Waals surface area contributed by atoms with Crippen molar-refractivity contribution in [3.05, 3.63) is 35.7 Å². The van der Waals surface area contributed by atoms with Crippen LogP contribution < -0.4 is 4.74 Å². The molecule has 3 aromatic rings. The highest BCUT2D eigenvalue weighted by molar-refractivity contribution is 7.25. The minimum Gasteiger partial charge on any atom is -0.480 e. The summed E-state index contributed by atoms with van der Waals surface area (Å²) in [6.07, 6.45) is 0. The van der Waals surface area contributed by atoms with E-state index in [4.69, 9.17) is 9.84 Å². The molecule has 3 rings (SSSR count). The Morgan fingerprint density at radius 2 is 2.21 bits per heavy atom. The van der Waals surface area contributed by atoms with E-state index in [1.165, 1.54) is 0 Å². The third-order valence-electron chi connectivity index (χ3n) is 2.47. The van der Waals surface area contributed by atoms with Crippen molar-refractivity contribution in [2.24, 2.45) is 0 Å². The number of para-hydroxylation sites is 1. The summed E-state index contributed by atoms with van der Waals surface area (Å²) in [6, 6.07) is 9.53.